The van der Waals surface area contributed by atoms with E-state index in [0.717, 1.165) is 12.1 Å². The van der Waals surface area contributed by atoms with E-state index >= 15 is 0 Å². The zero-order chi connectivity index (χ0) is 13.0. The van der Waals surface area contributed by atoms with Gasteiger partial charge in [-0.2, -0.15) is 0 Å². The first kappa shape index (κ1) is 12.2. The molecular formula is C14H14N2O2. The van der Waals surface area contributed by atoms with Crippen molar-refractivity contribution in [2.75, 3.05) is 0 Å². The molecule has 0 spiro atoms. The summed E-state index contributed by atoms with van der Waals surface area (Å²) in [6.07, 6.45) is 2.86. The molecule has 0 aliphatic rings. The molecule has 1 heterocycles. The predicted molar refractivity (Wildman–Crippen MR) is 67.6 cm³/mol. The fourth-order valence-electron chi connectivity index (χ4n) is 1.68. The van der Waals surface area contributed by atoms with Gasteiger partial charge in [0.05, 0.1) is 0 Å². The van der Waals surface area contributed by atoms with Crippen molar-refractivity contribution < 1.29 is 9.90 Å². The van der Waals surface area contributed by atoms with E-state index in [1.807, 2.05) is 6.92 Å². The van der Waals surface area contributed by atoms with Gasteiger partial charge in [-0.25, -0.2) is 14.8 Å². The standard InChI is InChI=1S/C14H14N2O2/c1-10-2-4-11(5-3-10)6-7-12-8-13(14(17)18)16-9-15-12/h2-5,8-9H,6-7H2,1H3,(H,17,18). The zero-order valence-corrected chi connectivity index (χ0v) is 10.1. The van der Waals surface area contributed by atoms with Gasteiger partial charge in [0.1, 0.15) is 6.33 Å². The Labute approximate surface area is 105 Å². The van der Waals surface area contributed by atoms with Gasteiger partial charge >= 0.3 is 5.97 Å². The first-order valence-electron chi connectivity index (χ1n) is 5.75. The van der Waals surface area contributed by atoms with Gasteiger partial charge in [-0.1, -0.05) is 29.8 Å². The SMILES string of the molecule is Cc1ccc(CCc2cc(C(=O)O)ncn2)cc1. The van der Waals surface area contributed by atoms with E-state index in [0.29, 0.717) is 6.42 Å². The number of hydrogen-bond donors (Lipinski definition) is 1. The Morgan fingerprint density at radius 2 is 1.89 bits per heavy atom. The fraction of sp³-hybridized carbons (Fsp3) is 0.214. The summed E-state index contributed by atoms with van der Waals surface area (Å²) in [5.41, 5.74) is 3.25. The number of aromatic nitrogens is 2. The molecule has 0 fully saturated rings. The second kappa shape index (κ2) is 5.40. The lowest BCUT2D eigenvalue weighted by Gasteiger charge is -2.02. The Kier molecular flexibility index (Phi) is 3.67. The van der Waals surface area contributed by atoms with Crippen molar-refractivity contribution in [3.05, 3.63) is 59.2 Å². The van der Waals surface area contributed by atoms with Crippen LogP contribution in [0.25, 0.3) is 0 Å². The van der Waals surface area contributed by atoms with E-state index in [-0.39, 0.29) is 5.69 Å². The smallest absolute Gasteiger partial charge is 0.354 e. The molecule has 1 N–H and O–H groups in total. The Balaban J connectivity index is 2.04. The summed E-state index contributed by atoms with van der Waals surface area (Å²) in [6.45, 7) is 2.05. The van der Waals surface area contributed by atoms with E-state index in [2.05, 4.69) is 34.2 Å². The van der Waals surface area contributed by atoms with E-state index < -0.39 is 5.97 Å². The van der Waals surface area contributed by atoms with Gasteiger partial charge in [-0.15, -0.1) is 0 Å². The molecule has 18 heavy (non-hydrogen) atoms. The molecule has 0 saturated carbocycles. The molecule has 1 aromatic carbocycles. The van der Waals surface area contributed by atoms with E-state index in [1.165, 1.54) is 23.5 Å². The molecule has 4 nitrogen and oxygen atoms in total. The molecule has 0 atom stereocenters. The summed E-state index contributed by atoms with van der Waals surface area (Å²) in [5, 5.41) is 8.83. The molecule has 1 aromatic heterocycles. The van der Waals surface area contributed by atoms with Crippen LogP contribution >= 0.6 is 0 Å². The highest BCUT2D eigenvalue weighted by Crippen LogP contribution is 2.08. The van der Waals surface area contributed by atoms with E-state index in [9.17, 15) is 4.79 Å². The lowest BCUT2D eigenvalue weighted by atomic mass is 10.1. The van der Waals surface area contributed by atoms with Gasteiger partial charge in [0.15, 0.2) is 5.69 Å². The van der Waals surface area contributed by atoms with Crippen LogP contribution in [0, 0.1) is 6.92 Å². The summed E-state index contributed by atoms with van der Waals surface area (Å²) >= 11 is 0. The van der Waals surface area contributed by atoms with Crippen LogP contribution in [0.2, 0.25) is 0 Å². The van der Waals surface area contributed by atoms with Crippen molar-refractivity contribution in [2.45, 2.75) is 19.8 Å². The van der Waals surface area contributed by atoms with Crippen LogP contribution in [0.3, 0.4) is 0 Å². The van der Waals surface area contributed by atoms with Gasteiger partial charge in [0.25, 0.3) is 0 Å². The molecule has 2 aromatic rings. The Bertz CT molecular complexity index is 550. The highest BCUT2D eigenvalue weighted by molar-refractivity contribution is 5.85. The molecule has 0 bridgehead atoms. The highest BCUT2D eigenvalue weighted by Gasteiger charge is 2.06. The highest BCUT2D eigenvalue weighted by atomic mass is 16.4. The molecular weight excluding hydrogens is 228 g/mol. The van der Waals surface area contributed by atoms with Crippen molar-refractivity contribution >= 4 is 5.97 Å². The number of carboxylic acids is 1. The van der Waals surface area contributed by atoms with Crippen LogP contribution in [-0.2, 0) is 12.8 Å². The second-order valence-electron chi connectivity index (χ2n) is 4.19. The molecule has 2 rings (SSSR count). The van der Waals surface area contributed by atoms with Crippen molar-refractivity contribution in [2.24, 2.45) is 0 Å². The minimum Gasteiger partial charge on any atom is -0.477 e. The summed E-state index contributed by atoms with van der Waals surface area (Å²) in [5.74, 6) is -1.02. The second-order valence-corrected chi connectivity index (χ2v) is 4.19. The van der Waals surface area contributed by atoms with Crippen molar-refractivity contribution in [1.29, 1.82) is 0 Å². The number of nitrogens with zero attached hydrogens (tertiary/aromatic N) is 2. The van der Waals surface area contributed by atoms with Crippen LogP contribution in [0.5, 0.6) is 0 Å². The molecule has 0 amide bonds. The van der Waals surface area contributed by atoms with Gasteiger partial charge in [-0.3, -0.25) is 0 Å². The minimum absolute atomic E-state index is 0.0453. The van der Waals surface area contributed by atoms with E-state index in [1.54, 1.807) is 0 Å². The average Bonchev–Trinajstić information content (AvgIpc) is 2.38. The summed E-state index contributed by atoms with van der Waals surface area (Å²) < 4.78 is 0. The summed E-state index contributed by atoms with van der Waals surface area (Å²) in [7, 11) is 0. The Hall–Kier alpha value is -2.23. The minimum atomic E-state index is -1.02. The summed E-state index contributed by atoms with van der Waals surface area (Å²) in [4.78, 5) is 18.5. The number of carboxylic acid groups (broad SMARTS) is 1. The van der Waals surface area contributed by atoms with Crippen molar-refractivity contribution in [3.63, 3.8) is 0 Å². The normalized spacial score (nSPS) is 10.3. The van der Waals surface area contributed by atoms with Crippen LogP contribution in [-0.4, -0.2) is 21.0 Å². The number of benzene rings is 1. The molecule has 0 saturated heterocycles. The third-order valence-corrected chi connectivity index (χ3v) is 2.73. The maximum absolute atomic E-state index is 10.8. The average molecular weight is 242 g/mol. The predicted octanol–water partition coefficient (Wildman–Crippen LogP) is 2.27. The van der Waals surface area contributed by atoms with E-state index in [4.69, 9.17) is 5.11 Å². The number of carbonyl (C=O) groups is 1. The first-order valence-corrected chi connectivity index (χ1v) is 5.75. The Morgan fingerprint density at radius 3 is 2.56 bits per heavy atom. The largest absolute Gasteiger partial charge is 0.477 e. The molecule has 0 radical (unpaired) electrons. The van der Waals surface area contributed by atoms with Crippen LogP contribution < -0.4 is 0 Å². The van der Waals surface area contributed by atoms with Crippen LogP contribution in [0.1, 0.15) is 27.3 Å². The molecule has 4 heteroatoms. The molecule has 0 unspecified atom stereocenters. The van der Waals surface area contributed by atoms with Gasteiger partial charge < -0.3 is 5.11 Å². The lowest BCUT2D eigenvalue weighted by molar-refractivity contribution is 0.0690. The number of rotatable bonds is 4. The quantitative estimate of drug-likeness (QED) is 0.893. The van der Waals surface area contributed by atoms with Gasteiger partial charge in [0, 0.05) is 5.69 Å². The van der Waals surface area contributed by atoms with Crippen LogP contribution in [0.15, 0.2) is 36.7 Å². The van der Waals surface area contributed by atoms with Crippen LogP contribution in [0.4, 0.5) is 0 Å². The van der Waals surface area contributed by atoms with Gasteiger partial charge in [-0.05, 0) is 31.4 Å². The first-order chi connectivity index (χ1) is 8.65. The topological polar surface area (TPSA) is 63.1 Å². The number of hydrogen-bond acceptors (Lipinski definition) is 3. The lowest BCUT2D eigenvalue weighted by Crippen LogP contribution is -2.03. The Morgan fingerprint density at radius 1 is 1.17 bits per heavy atom. The zero-order valence-electron chi connectivity index (χ0n) is 10.1. The van der Waals surface area contributed by atoms with Crippen molar-refractivity contribution in [3.8, 4) is 0 Å². The number of aryl methyl sites for hydroxylation is 3. The third-order valence-electron chi connectivity index (χ3n) is 2.73. The summed E-state index contributed by atoms with van der Waals surface area (Å²) in [6, 6.07) is 9.82. The maximum atomic E-state index is 10.8. The molecule has 0 aliphatic heterocycles. The molecule has 0 aliphatic carbocycles. The monoisotopic (exact) mass is 242 g/mol. The third kappa shape index (κ3) is 3.13. The fourth-order valence-corrected chi connectivity index (χ4v) is 1.68. The number of aromatic carboxylic acids is 1. The maximum Gasteiger partial charge on any atom is 0.354 e. The molecule has 92 valence electrons. The van der Waals surface area contributed by atoms with Gasteiger partial charge in [0.2, 0.25) is 0 Å². The van der Waals surface area contributed by atoms with Crippen molar-refractivity contribution in [1.82, 2.24) is 9.97 Å².